The van der Waals surface area contributed by atoms with Crippen LogP contribution in [0.25, 0.3) is 0 Å². The van der Waals surface area contributed by atoms with Gasteiger partial charge in [0.25, 0.3) is 0 Å². The molecule has 0 spiro atoms. The Morgan fingerprint density at radius 2 is 2.13 bits per heavy atom. The molecule has 0 bridgehead atoms. The zero-order valence-corrected chi connectivity index (χ0v) is 8.31. The molecule has 78 valence electrons. The van der Waals surface area contributed by atoms with Gasteiger partial charge in [0.15, 0.2) is 11.6 Å². The summed E-state index contributed by atoms with van der Waals surface area (Å²) >= 11 is 0. The zero-order valence-electron chi connectivity index (χ0n) is 8.31. The van der Waals surface area contributed by atoms with Gasteiger partial charge in [-0.25, -0.2) is 8.78 Å². The van der Waals surface area contributed by atoms with Crippen molar-refractivity contribution >= 4 is 5.78 Å². The molecule has 1 aromatic rings. The molecular weight excluding hydrogens is 198 g/mol. The molecule has 1 rings (SSSR count). The van der Waals surface area contributed by atoms with Gasteiger partial charge >= 0.3 is 0 Å². The summed E-state index contributed by atoms with van der Waals surface area (Å²) < 4.78 is 25.9. The van der Waals surface area contributed by atoms with E-state index in [1.165, 1.54) is 12.1 Å². The van der Waals surface area contributed by atoms with Crippen LogP contribution >= 0.6 is 0 Å². The van der Waals surface area contributed by atoms with Gasteiger partial charge in [-0.05, 0) is 18.6 Å². The molecule has 0 aromatic heterocycles. The van der Waals surface area contributed by atoms with Gasteiger partial charge in [0.1, 0.15) is 5.78 Å². The SMILES string of the molecule is CC#CCC(=O)Cc1cccc(F)c1F. The minimum atomic E-state index is -0.949. The molecule has 0 fully saturated rings. The summed E-state index contributed by atoms with van der Waals surface area (Å²) in [6.45, 7) is 1.62. The maximum atomic E-state index is 13.1. The first-order chi connectivity index (χ1) is 7.15. The molecule has 0 saturated heterocycles. The number of halogens is 2. The maximum Gasteiger partial charge on any atom is 0.162 e. The number of benzene rings is 1. The van der Waals surface area contributed by atoms with E-state index in [-0.39, 0.29) is 24.2 Å². The number of carbonyl (C=O) groups is 1. The molecule has 15 heavy (non-hydrogen) atoms. The Balaban J connectivity index is 2.75. The van der Waals surface area contributed by atoms with Crippen LogP contribution in [-0.4, -0.2) is 5.78 Å². The molecule has 0 aliphatic carbocycles. The van der Waals surface area contributed by atoms with Gasteiger partial charge in [0.05, 0.1) is 6.42 Å². The lowest BCUT2D eigenvalue weighted by Crippen LogP contribution is -2.04. The van der Waals surface area contributed by atoms with Crippen molar-refractivity contribution < 1.29 is 13.6 Å². The van der Waals surface area contributed by atoms with Crippen LogP contribution in [0.2, 0.25) is 0 Å². The van der Waals surface area contributed by atoms with Crippen molar-refractivity contribution in [3.8, 4) is 11.8 Å². The van der Waals surface area contributed by atoms with Crippen molar-refractivity contribution in [2.24, 2.45) is 0 Å². The zero-order chi connectivity index (χ0) is 11.3. The summed E-state index contributed by atoms with van der Waals surface area (Å²) in [6.07, 6.45) is -0.0370. The largest absolute Gasteiger partial charge is 0.298 e. The van der Waals surface area contributed by atoms with E-state index in [4.69, 9.17) is 0 Å². The first-order valence-corrected chi connectivity index (χ1v) is 4.49. The van der Waals surface area contributed by atoms with Crippen LogP contribution < -0.4 is 0 Å². The van der Waals surface area contributed by atoms with E-state index in [0.29, 0.717) is 0 Å². The smallest absolute Gasteiger partial charge is 0.162 e. The Hall–Kier alpha value is -1.69. The number of hydrogen-bond acceptors (Lipinski definition) is 1. The maximum absolute atomic E-state index is 13.1. The summed E-state index contributed by atoms with van der Waals surface area (Å²) in [5.74, 6) is 3.07. The fourth-order valence-corrected chi connectivity index (χ4v) is 1.15. The monoisotopic (exact) mass is 208 g/mol. The molecule has 3 heteroatoms. The van der Waals surface area contributed by atoms with E-state index in [0.717, 1.165) is 6.07 Å². The first kappa shape index (κ1) is 11.4. The average molecular weight is 208 g/mol. The van der Waals surface area contributed by atoms with Gasteiger partial charge < -0.3 is 0 Å². The van der Waals surface area contributed by atoms with Crippen LogP contribution in [0.5, 0.6) is 0 Å². The Morgan fingerprint density at radius 1 is 1.40 bits per heavy atom. The van der Waals surface area contributed by atoms with Gasteiger partial charge in [-0.15, -0.1) is 5.92 Å². The normalized spacial score (nSPS) is 9.27. The quantitative estimate of drug-likeness (QED) is 0.697. The number of hydrogen-bond donors (Lipinski definition) is 0. The predicted octanol–water partition coefficient (Wildman–Crippen LogP) is 2.49. The van der Waals surface area contributed by atoms with E-state index in [9.17, 15) is 13.6 Å². The van der Waals surface area contributed by atoms with Gasteiger partial charge in [-0.1, -0.05) is 18.1 Å². The predicted molar refractivity (Wildman–Crippen MR) is 53.1 cm³/mol. The summed E-state index contributed by atoms with van der Waals surface area (Å²) in [4.78, 5) is 11.2. The van der Waals surface area contributed by atoms with Crippen LogP contribution in [0.1, 0.15) is 18.9 Å². The second kappa shape index (κ2) is 5.26. The van der Waals surface area contributed by atoms with Crippen LogP contribution in [-0.2, 0) is 11.2 Å². The Kier molecular flexibility index (Phi) is 3.99. The van der Waals surface area contributed by atoms with Crippen LogP contribution in [0.15, 0.2) is 18.2 Å². The summed E-state index contributed by atoms with van der Waals surface area (Å²) in [7, 11) is 0. The second-order valence-electron chi connectivity index (χ2n) is 3.03. The lowest BCUT2D eigenvalue weighted by molar-refractivity contribution is -0.117. The third-order valence-electron chi connectivity index (χ3n) is 1.88. The topological polar surface area (TPSA) is 17.1 Å². The second-order valence-corrected chi connectivity index (χ2v) is 3.03. The molecule has 0 radical (unpaired) electrons. The van der Waals surface area contributed by atoms with E-state index in [1.807, 2.05) is 0 Å². The molecule has 0 unspecified atom stereocenters. The lowest BCUT2D eigenvalue weighted by atomic mass is 10.1. The van der Waals surface area contributed by atoms with Crippen molar-refractivity contribution in [1.82, 2.24) is 0 Å². The van der Waals surface area contributed by atoms with Crippen molar-refractivity contribution in [2.75, 3.05) is 0 Å². The standard InChI is InChI=1S/C12H10F2O/c1-2-3-6-10(15)8-9-5-4-7-11(13)12(9)14/h4-5,7H,6,8H2,1H3. The van der Waals surface area contributed by atoms with Crippen LogP contribution in [0.4, 0.5) is 8.78 Å². The number of carbonyl (C=O) groups excluding carboxylic acids is 1. The first-order valence-electron chi connectivity index (χ1n) is 4.49. The van der Waals surface area contributed by atoms with Crippen molar-refractivity contribution in [1.29, 1.82) is 0 Å². The fourth-order valence-electron chi connectivity index (χ4n) is 1.15. The van der Waals surface area contributed by atoms with Crippen LogP contribution in [0, 0.1) is 23.5 Å². The molecule has 0 saturated carbocycles. The molecule has 0 amide bonds. The molecule has 0 N–H and O–H groups in total. The highest BCUT2D eigenvalue weighted by Crippen LogP contribution is 2.12. The van der Waals surface area contributed by atoms with E-state index in [2.05, 4.69) is 11.8 Å². The molecule has 0 heterocycles. The minimum absolute atomic E-state index is 0.0758. The number of ketones is 1. The molecule has 0 aliphatic rings. The van der Waals surface area contributed by atoms with Crippen molar-refractivity contribution in [2.45, 2.75) is 19.8 Å². The molecule has 1 aromatic carbocycles. The van der Waals surface area contributed by atoms with Gasteiger partial charge in [-0.3, -0.25) is 4.79 Å². The van der Waals surface area contributed by atoms with E-state index < -0.39 is 11.6 Å². The van der Waals surface area contributed by atoms with Gasteiger partial charge in [-0.2, -0.15) is 0 Å². The van der Waals surface area contributed by atoms with Crippen molar-refractivity contribution in [3.63, 3.8) is 0 Å². The summed E-state index contributed by atoms with van der Waals surface area (Å²) in [5.41, 5.74) is 0.0814. The summed E-state index contributed by atoms with van der Waals surface area (Å²) in [6, 6.07) is 3.80. The van der Waals surface area contributed by atoms with Gasteiger partial charge in [0, 0.05) is 6.42 Å². The minimum Gasteiger partial charge on any atom is -0.298 e. The third-order valence-corrected chi connectivity index (χ3v) is 1.88. The van der Waals surface area contributed by atoms with E-state index >= 15 is 0 Å². The highest BCUT2D eigenvalue weighted by atomic mass is 19.2. The lowest BCUT2D eigenvalue weighted by Gasteiger charge is -2.01. The Bertz CT molecular complexity index is 427. The third kappa shape index (κ3) is 3.17. The Labute approximate surface area is 87.1 Å². The van der Waals surface area contributed by atoms with Gasteiger partial charge in [0.2, 0.25) is 0 Å². The number of Topliss-reactive ketones (excluding diaryl/α,β-unsaturated/α-hetero) is 1. The summed E-state index contributed by atoms with van der Waals surface area (Å²) in [5, 5.41) is 0. The molecule has 0 aliphatic heterocycles. The van der Waals surface area contributed by atoms with E-state index in [1.54, 1.807) is 6.92 Å². The number of rotatable bonds is 3. The molecular formula is C12H10F2O. The highest BCUT2D eigenvalue weighted by Gasteiger charge is 2.10. The fraction of sp³-hybridized carbons (Fsp3) is 0.250. The highest BCUT2D eigenvalue weighted by molar-refractivity contribution is 5.83. The van der Waals surface area contributed by atoms with Crippen LogP contribution in [0.3, 0.4) is 0 Å². The van der Waals surface area contributed by atoms with Crippen molar-refractivity contribution in [3.05, 3.63) is 35.4 Å². The molecule has 0 atom stereocenters. The Morgan fingerprint density at radius 3 is 2.80 bits per heavy atom. The average Bonchev–Trinajstić information content (AvgIpc) is 2.22. The molecule has 1 nitrogen and oxygen atoms in total.